The fourth-order valence-corrected chi connectivity index (χ4v) is 2.67. The lowest BCUT2D eigenvalue weighted by Crippen LogP contribution is -2.43. The van der Waals surface area contributed by atoms with Gasteiger partial charge in [0.05, 0.1) is 38.8 Å². The molecule has 1 aliphatic heterocycles. The first-order valence-electron chi connectivity index (χ1n) is 7.43. The second kappa shape index (κ2) is 6.76. The molecule has 1 aromatic heterocycles. The van der Waals surface area contributed by atoms with Crippen LogP contribution in [0.15, 0.2) is 36.5 Å². The minimum absolute atomic E-state index is 0.115. The minimum atomic E-state index is -0.475. The standard InChI is InChI=1S/C17H18N2O5/c1-22-12-6-7-15(18-8-12)19-11(9-20)10-24-16-13(17(21)23-2)4-3-5-14(16)19/h3-8,11,20H,9-10H2,1-2H3/t11-/m0/s1. The van der Waals surface area contributed by atoms with Crippen LogP contribution in [0.3, 0.4) is 0 Å². The van der Waals surface area contributed by atoms with Gasteiger partial charge < -0.3 is 24.2 Å². The predicted octanol–water partition coefficient (Wildman–Crippen LogP) is 1.77. The number of anilines is 2. The van der Waals surface area contributed by atoms with E-state index in [0.29, 0.717) is 28.6 Å². The number of aliphatic hydroxyl groups excluding tert-OH is 1. The summed E-state index contributed by atoms with van der Waals surface area (Å²) in [6, 6.07) is 8.47. The lowest BCUT2D eigenvalue weighted by Gasteiger charge is -2.37. The van der Waals surface area contributed by atoms with Crippen molar-refractivity contribution in [1.29, 1.82) is 0 Å². The van der Waals surface area contributed by atoms with Crippen LogP contribution < -0.4 is 14.4 Å². The number of benzene rings is 1. The molecule has 2 heterocycles. The molecule has 1 atom stereocenters. The molecule has 0 saturated carbocycles. The molecule has 126 valence electrons. The fourth-order valence-electron chi connectivity index (χ4n) is 2.67. The summed E-state index contributed by atoms with van der Waals surface area (Å²) in [6.07, 6.45) is 1.60. The number of para-hydroxylation sites is 1. The van der Waals surface area contributed by atoms with Crippen molar-refractivity contribution in [1.82, 2.24) is 4.98 Å². The van der Waals surface area contributed by atoms with Crippen molar-refractivity contribution in [2.24, 2.45) is 0 Å². The number of hydrogen-bond donors (Lipinski definition) is 1. The molecular weight excluding hydrogens is 312 g/mol. The lowest BCUT2D eigenvalue weighted by atomic mass is 10.1. The first-order chi connectivity index (χ1) is 11.7. The van der Waals surface area contributed by atoms with E-state index in [4.69, 9.17) is 14.2 Å². The maximum Gasteiger partial charge on any atom is 0.341 e. The molecule has 0 fully saturated rings. The third-order valence-corrected chi connectivity index (χ3v) is 3.86. The van der Waals surface area contributed by atoms with E-state index < -0.39 is 5.97 Å². The van der Waals surface area contributed by atoms with E-state index in [-0.39, 0.29) is 19.3 Å². The summed E-state index contributed by atoms with van der Waals surface area (Å²) < 4.78 is 15.7. The summed E-state index contributed by atoms with van der Waals surface area (Å²) in [5, 5.41) is 9.71. The number of rotatable bonds is 4. The van der Waals surface area contributed by atoms with Gasteiger partial charge in [0.1, 0.15) is 23.7 Å². The van der Waals surface area contributed by atoms with Crippen LogP contribution in [0.5, 0.6) is 11.5 Å². The molecule has 1 aliphatic rings. The van der Waals surface area contributed by atoms with Gasteiger partial charge in [0.2, 0.25) is 0 Å². The number of nitrogens with zero attached hydrogens (tertiary/aromatic N) is 2. The molecular formula is C17H18N2O5. The molecule has 0 bridgehead atoms. The maximum atomic E-state index is 12.0. The van der Waals surface area contributed by atoms with Crippen LogP contribution in [0.1, 0.15) is 10.4 Å². The zero-order chi connectivity index (χ0) is 17.1. The number of ether oxygens (including phenoxy) is 3. The lowest BCUT2D eigenvalue weighted by molar-refractivity contribution is 0.0594. The van der Waals surface area contributed by atoms with Gasteiger partial charge in [-0.2, -0.15) is 0 Å². The highest BCUT2D eigenvalue weighted by Crippen LogP contribution is 2.41. The van der Waals surface area contributed by atoms with Gasteiger partial charge in [0.15, 0.2) is 5.75 Å². The second-order valence-electron chi connectivity index (χ2n) is 5.22. The van der Waals surface area contributed by atoms with Crippen molar-refractivity contribution >= 4 is 17.5 Å². The zero-order valence-corrected chi connectivity index (χ0v) is 13.4. The fraction of sp³-hybridized carbons (Fsp3) is 0.294. The van der Waals surface area contributed by atoms with Crippen molar-refractivity contribution in [3.8, 4) is 11.5 Å². The summed E-state index contributed by atoms with van der Waals surface area (Å²) >= 11 is 0. The van der Waals surface area contributed by atoms with Crippen molar-refractivity contribution in [2.75, 3.05) is 32.3 Å². The Balaban J connectivity index is 2.09. The van der Waals surface area contributed by atoms with Crippen molar-refractivity contribution < 1.29 is 24.1 Å². The number of aliphatic hydroxyl groups is 1. The van der Waals surface area contributed by atoms with Gasteiger partial charge in [0.25, 0.3) is 0 Å². The SMILES string of the molecule is COC(=O)c1cccc2c1OC[C@H](CO)N2c1ccc(OC)cn1. The molecule has 0 unspecified atom stereocenters. The number of aromatic nitrogens is 1. The first kappa shape index (κ1) is 16.1. The van der Waals surface area contributed by atoms with Crippen molar-refractivity contribution in [2.45, 2.75) is 6.04 Å². The molecule has 3 rings (SSSR count). The molecule has 0 saturated heterocycles. The normalized spacial score (nSPS) is 16.1. The number of fused-ring (bicyclic) bond motifs is 1. The summed E-state index contributed by atoms with van der Waals surface area (Å²) in [6.45, 7) is 0.112. The van der Waals surface area contributed by atoms with Gasteiger partial charge in [-0.3, -0.25) is 0 Å². The Labute approximate surface area is 139 Å². The topological polar surface area (TPSA) is 81.1 Å². The first-order valence-corrected chi connectivity index (χ1v) is 7.43. The van der Waals surface area contributed by atoms with Gasteiger partial charge in [-0.25, -0.2) is 9.78 Å². The van der Waals surface area contributed by atoms with Crippen LogP contribution >= 0.6 is 0 Å². The van der Waals surface area contributed by atoms with Crippen LogP contribution in [0, 0.1) is 0 Å². The molecule has 0 spiro atoms. The van der Waals surface area contributed by atoms with E-state index >= 15 is 0 Å². The van der Waals surface area contributed by atoms with E-state index in [2.05, 4.69) is 4.98 Å². The highest BCUT2D eigenvalue weighted by Gasteiger charge is 2.32. The molecule has 2 aromatic rings. The van der Waals surface area contributed by atoms with Crippen molar-refractivity contribution in [3.05, 3.63) is 42.1 Å². The van der Waals surface area contributed by atoms with Gasteiger partial charge in [-0.05, 0) is 24.3 Å². The van der Waals surface area contributed by atoms with E-state index in [1.165, 1.54) is 7.11 Å². The van der Waals surface area contributed by atoms with Crippen LogP contribution in [0.2, 0.25) is 0 Å². The van der Waals surface area contributed by atoms with Crippen LogP contribution in [-0.2, 0) is 4.74 Å². The van der Waals surface area contributed by atoms with Gasteiger partial charge in [-0.1, -0.05) is 6.07 Å². The van der Waals surface area contributed by atoms with E-state index in [1.807, 2.05) is 11.0 Å². The molecule has 7 heteroatoms. The predicted molar refractivity (Wildman–Crippen MR) is 87.1 cm³/mol. The van der Waals surface area contributed by atoms with Crippen LogP contribution in [-0.4, -0.2) is 49.5 Å². The Morgan fingerprint density at radius 3 is 2.83 bits per heavy atom. The Hall–Kier alpha value is -2.80. The number of carbonyl (C=O) groups excluding carboxylic acids is 1. The Bertz CT molecular complexity index is 732. The maximum absolute atomic E-state index is 12.0. The molecule has 1 N–H and O–H groups in total. The summed E-state index contributed by atoms with van der Waals surface area (Å²) in [4.78, 5) is 18.2. The third kappa shape index (κ3) is 2.74. The Morgan fingerprint density at radius 2 is 2.21 bits per heavy atom. The number of pyridine rings is 1. The molecule has 0 radical (unpaired) electrons. The quantitative estimate of drug-likeness (QED) is 0.856. The van der Waals surface area contributed by atoms with Gasteiger partial charge >= 0.3 is 5.97 Å². The monoisotopic (exact) mass is 330 g/mol. The molecule has 0 amide bonds. The minimum Gasteiger partial charge on any atom is -0.495 e. The summed E-state index contributed by atoms with van der Waals surface area (Å²) in [7, 11) is 2.89. The Morgan fingerprint density at radius 1 is 1.38 bits per heavy atom. The second-order valence-corrected chi connectivity index (χ2v) is 5.22. The Kier molecular flexibility index (Phi) is 4.52. The van der Waals surface area contributed by atoms with Crippen LogP contribution in [0.4, 0.5) is 11.5 Å². The highest BCUT2D eigenvalue weighted by atomic mass is 16.5. The molecule has 1 aromatic carbocycles. The zero-order valence-electron chi connectivity index (χ0n) is 13.4. The largest absolute Gasteiger partial charge is 0.495 e. The third-order valence-electron chi connectivity index (χ3n) is 3.86. The average Bonchev–Trinajstić information content (AvgIpc) is 2.66. The van der Waals surface area contributed by atoms with Crippen molar-refractivity contribution in [3.63, 3.8) is 0 Å². The molecule has 0 aliphatic carbocycles. The molecule has 7 nitrogen and oxygen atoms in total. The van der Waals surface area contributed by atoms with E-state index in [9.17, 15) is 9.90 Å². The van der Waals surface area contributed by atoms with Gasteiger partial charge in [0, 0.05) is 0 Å². The van der Waals surface area contributed by atoms with E-state index in [1.54, 1.807) is 37.6 Å². The average molecular weight is 330 g/mol. The number of carbonyl (C=O) groups is 1. The van der Waals surface area contributed by atoms with E-state index in [0.717, 1.165) is 0 Å². The van der Waals surface area contributed by atoms with Gasteiger partial charge in [-0.15, -0.1) is 0 Å². The smallest absolute Gasteiger partial charge is 0.341 e. The molecule has 24 heavy (non-hydrogen) atoms. The highest BCUT2D eigenvalue weighted by molar-refractivity contribution is 5.95. The van der Waals surface area contributed by atoms with Crippen LogP contribution in [0.25, 0.3) is 0 Å². The number of methoxy groups -OCH3 is 2. The summed E-state index contributed by atoms with van der Waals surface area (Å²) in [5.41, 5.74) is 0.991. The number of hydrogen-bond acceptors (Lipinski definition) is 7. The summed E-state index contributed by atoms with van der Waals surface area (Å²) in [5.74, 6) is 1.21. The number of esters is 1.